The van der Waals surface area contributed by atoms with E-state index in [1.807, 2.05) is 0 Å². The van der Waals surface area contributed by atoms with E-state index in [0.29, 0.717) is 13.0 Å². The van der Waals surface area contributed by atoms with Crippen molar-refractivity contribution in [2.45, 2.75) is 238 Å². The Kier molecular flexibility index (Phi) is 45.7. The summed E-state index contributed by atoms with van der Waals surface area (Å²) in [5.41, 5.74) is 5.38. The van der Waals surface area contributed by atoms with Crippen LogP contribution in [0.3, 0.4) is 0 Å². The van der Waals surface area contributed by atoms with Crippen molar-refractivity contribution in [3.8, 4) is 0 Å². The first kappa shape index (κ1) is 56.7. The van der Waals surface area contributed by atoms with Crippen LogP contribution < -0.4 is 5.73 Å². The summed E-state index contributed by atoms with van der Waals surface area (Å²) in [6.07, 6.45) is 54.5. The van der Waals surface area contributed by atoms with Crippen molar-refractivity contribution in [1.29, 1.82) is 0 Å². The van der Waals surface area contributed by atoms with Gasteiger partial charge in [0.05, 0.1) is 19.8 Å². The summed E-state index contributed by atoms with van der Waals surface area (Å²) < 4.78 is 33.5. The van der Waals surface area contributed by atoms with Crippen LogP contribution in [0, 0.1) is 0 Å². The monoisotopic (exact) mass is 840 g/mol. The molecule has 8 nitrogen and oxygen atoms in total. The standard InChI is InChI=1S/C49H94NO7P/c1-3-5-7-9-11-13-15-17-19-20-21-22-23-24-25-26-27-29-31-33-35-37-39-41-44-54-46-48(47-56-58(52,53)55-45-43-50)57-49(51)42-40-38-36-34-32-30-28-18-16-14-12-10-8-6-4-2/h15,17,20-21,23-24,48H,3-14,16,18-19,22,25-47,50H2,1-2H3,(H,52,53)/b17-15-,21-20-,24-23-. The lowest BCUT2D eigenvalue weighted by atomic mass is 10.0. The van der Waals surface area contributed by atoms with Gasteiger partial charge in [0.1, 0.15) is 6.10 Å². The number of esters is 1. The highest BCUT2D eigenvalue weighted by Crippen LogP contribution is 2.43. The molecule has 2 atom stereocenters. The van der Waals surface area contributed by atoms with E-state index in [9.17, 15) is 14.3 Å². The summed E-state index contributed by atoms with van der Waals surface area (Å²) >= 11 is 0. The normalized spacial score (nSPS) is 13.7. The molecule has 0 aliphatic heterocycles. The number of phosphoric ester groups is 1. The summed E-state index contributed by atoms with van der Waals surface area (Å²) in [6.45, 7) is 4.93. The van der Waals surface area contributed by atoms with Crippen molar-refractivity contribution in [3.63, 3.8) is 0 Å². The number of carbonyl (C=O) groups is 1. The Hall–Kier alpha value is -1.28. The molecule has 0 radical (unpaired) electrons. The predicted octanol–water partition coefficient (Wildman–Crippen LogP) is 15.0. The number of phosphoric acid groups is 1. The molecule has 0 aliphatic carbocycles. The van der Waals surface area contributed by atoms with Gasteiger partial charge in [0.15, 0.2) is 0 Å². The van der Waals surface area contributed by atoms with E-state index in [2.05, 4.69) is 50.3 Å². The van der Waals surface area contributed by atoms with Gasteiger partial charge >= 0.3 is 13.8 Å². The van der Waals surface area contributed by atoms with Crippen molar-refractivity contribution in [2.75, 3.05) is 33.0 Å². The third-order valence-electron chi connectivity index (χ3n) is 10.6. The zero-order valence-electron chi connectivity index (χ0n) is 38.0. The lowest BCUT2D eigenvalue weighted by Crippen LogP contribution is -2.28. The Morgan fingerprint density at radius 1 is 0.517 bits per heavy atom. The Labute approximate surface area is 358 Å². The lowest BCUT2D eigenvalue weighted by Gasteiger charge is -2.20. The highest BCUT2D eigenvalue weighted by Gasteiger charge is 2.25. The van der Waals surface area contributed by atoms with E-state index in [4.69, 9.17) is 24.3 Å². The molecule has 0 saturated carbocycles. The first-order valence-corrected chi connectivity index (χ1v) is 26.0. The van der Waals surface area contributed by atoms with Crippen LogP contribution in [0.15, 0.2) is 36.5 Å². The van der Waals surface area contributed by atoms with Crippen molar-refractivity contribution < 1.29 is 32.8 Å². The van der Waals surface area contributed by atoms with Gasteiger partial charge in [-0.2, -0.15) is 0 Å². The molecule has 0 bridgehead atoms. The van der Waals surface area contributed by atoms with Crippen molar-refractivity contribution >= 4 is 13.8 Å². The van der Waals surface area contributed by atoms with E-state index in [1.54, 1.807) is 0 Å². The zero-order chi connectivity index (χ0) is 42.3. The van der Waals surface area contributed by atoms with Crippen LogP contribution in [0.4, 0.5) is 0 Å². The van der Waals surface area contributed by atoms with Gasteiger partial charge in [-0.05, 0) is 51.4 Å². The molecule has 3 N–H and O–H groups in total. The Bertz CT molecular complexity index is 988. The van der Waals surface area contributed by atoms with Gasteiger partial charge in [-0.25, -0.2) is 4.57 Å². The van der Waals surface area contributed by atoms with Gasteiger partial charge in [-0.1, -0.05) is 211 Å². The number of hydrogen-bond donors (Lipinski definition) is 2. The van der Waals surface area contributed by atoms with Crippen LogP contribution in [0.2, 0.25) is 0 Å². The second kappa shape index (κ2) is 46.8. The molecule has 0 aromatic heterocycles. The summed E-state index contributed by atoms with van der Waals surface area (Å²) in [4.78, 5) is 22.5. The zero-order valence-corrected chi connectivity index (χ0v) is 38.9. The molecule has 9 heteroatoms. The van der Waals surface area contributed by atoms with E-state index < -0.39 is 13.9 Å². The number of unbranched alkanes of at least 4 members (excludes halogenated alkanes) is 28. The van der Waals surface area contributed by atoms with Crippen LogP contribution >= 0.6 is 7.82 Å². The number of nitrogens with two attached hydrogens (primary N) is 1. The molecule has 2 unspecified atom stereocenters. The van der Waals surface area contributed by atoms with Crippen LogP contribution in [0.1, 0.15) is 232 Å². The highest BCUT2D eigenvalue weighted by atomic mass is 31.2. The molecule has 0 saturated heterocycles. The smallest absolute Gasteiger partial charge is 0.457 e. The molecular formula is C49H94NO7P. The minimum Gasteiger partial charge on any atom is -0.457 e. The summed E-state index contributed by atoms with van der Waals surface area (Å²) in [6, 6.07) is 0. The Morgan fingerprint density at radius 2 is 0.914 bits per heavy atom. The fraction of sp³-hybridized carbons (Fsp3) is 0.857. The van der Waals surface area contributed by atoms with E-state index in [1.165, 1.54) is 167 Å². The van der Waals surface area contributed by atoms with Crippen molar-refractivity contribution in [3.05, 3.63) is 36.5 Å². The second-order valence-electron chi connectivity index (χ2n) is 16.3. The molecule has 0 aromatic rings. The molecule has 0 amide bonds. The lowest BCUT2D eigenvalue weighted by molar-refractivity contribution is -0.154. The van der Waals surface area contributed by atoms with Gasteiger partial charge in [-0.3, -0.25) is 13.8 Å². The minimum absolute atomic E-state index is 0.0954. The maximum atomic E-state index is 12.6. The predicted molar refractivity (Wildman–Crippen MR) is 247 cm³/mol. The molecule has 0 aromatic carbocycles. The molecule has 0 fully saturated rings. The van der Waals surface area contributed by atoms with Crippen LogP contribution in [-0.2, 0) is 27.9 Å². The summed E-state index contributed by atoms with van der Waals surface area (Å²) in [5.74, 6) is -0.329. The van der Waals surface area contributed by atoms with E-state index >= 15 is 0 Å². The molecule has 0 rings (SSSR count). The number of carbonyl (C=O) groups excluding carboxylic acids is 1. The average molecular weight is 840 g/mol. The maximum absolute atomic E-state index is 12.6. The Balaban J connectivity index is 3.94. The van der Waals surface area contributed by atoms with E-state index in [0.717, 1.165) is 44.9 Å². The maximum Gasteiger partial charge on any atom is 0.472 e. The molecule has 58 heavy (non-hydrogen) atoms. The van der Waals surface area contributed by atoms with E-state index in [-0.39, 0.29) is 32.3 Å². The van der Waals surface area contributed by atoms with Crippen molar-refractivity contribution in [1.82, 2.24) is 0 Å². The number of ether oxygens (including phenoxy) is 2. The summed E-state index contributed by atoms with van der Waals surface area (Å²) in [7, 11) is -4.28. The number of hydrogen-bond acceptors (Lipinski definition) is 7. The first-order valence-electron chi connectivity index (χ1n) is 24.5. The second-order valence-corrected chi connectivity index (χ2v) is 17.8. The SMILES string of the molecule is CCCCCCC/C=C\C/C=C\C/C=C\CCCCCCCCCCCOCC(COP(=O)(O)OCCN)OC(=O)CCCCCCCCCCCCCCCCC. The quantitative estimate of drug-likeness (QED) is 0.0269. The van der Waals surface area contributed by atoms with Gasteiger partial charge in [0.25, 0.3) is 0 Å². The summed E-state index contributed by atoms with van der Waals surface area (Å²) in [5, 5.41) is 0. The molecular weight excluding hydrogens is 746 g/mol. The molecule has 0 spiro atoms. The minimum atomic E-state index is -4.28. The average Bonchev–Trinajstić information content (AvgIpc) is 3.21. The third kappa shape index (κ3) is 45.8. The fourth-order valence-electron chi connectivity index (χ4n) is 6.95. The fourth-order valence-corrected chi connectivity index (χ4v) is 7.71. The van der Waals surface area contributed by atoms with Gasteiger partial charge in [0, 0.05) is 19.6 Å². The van der Waals surface area contributed by atoms with Gasteiger partial charge in [-0.15, -0.1) is 0 Å². The van der Waals surface area contributed by atoms with Crippen molar-refractivity contribution in [2.24, 2.45) is 5.73 Å². The Morgan fingerprint density at radius 3 is 1.36 bits per heavy atom. The first-order chi connectivity index (χ1) is 28.4. The molecule has 0 heterocycles. The molecule has 0 aliphatic rings. The van der Waals surface area contributed by atoms with Crippen LogP contribution in [0.5, 0.6) is 0 Å². The van der Waals surface area contributed by atoms with Crippen LogP contribution in [-0.4, -0.2) is 49.9 Å². The van der Waals surface area contributed by atoms with Crippen LogP contribution in [0.25, 0.3) is 0 Å². The number of rotatable bonds is 47. The number of allylic oxidation sites excluding steroid dienone is 6. The molecule has 342 valence electrons. The van der Waals surface area contributed by atoms with Gasteiger partial charge < -0.3 is 20.1 Å². The third-order valence-corrected chi connectivity index (χ3v) is 11.5. The highest BCUT2D eigenvalue weighted by molar-refractivity contribution is 7.47. The largest absolute Gasteiger partial charge is 0.472 e. The van der Waals surface area contributed by atoms with Gasteiger partial charge in [0.2, 0.25) is 0 Å². The topological polar surface area (TPSA) is 117 Å².